The molecule has 2 saturated heterocycles. The Hall–Kier alpha value is -2.14. The van der Waals surface area contributed by atoms with Crippen LogP contribution in [0.15, 0.2) is 29.2 Å². The van der Waals surface area contributed by atoms with Crippen LogP contribution in [0.1, 0.15) is 18.4 Å². The summed E-state index contributed by atoms with van der Waals surface area (Å²) in [7, 11) is -1.84. The molecule has 2 atom stereocenters. The molecule has 0 saturated carbocycles. The zero-order valence-electron chi connectivity index (χ0n) is 15.8. The molecule has 1 aromatic rings. The standard InChI is InChI=1S/C17H20F2N2O5S.CH3F/c18-16(19)27(24)14-3-1-2-11(6-14)9-25-13-7-21(8-13)15(22)5-4-12-10-26-17(23)20-12;1-2/h1-3,6,12-13,16H,4-5,7-10H2,(H,20,23);1H3. The normalized spacial score (nSPS) is 19.7. The molecule has 11 heteroatoms. The molecule has 7 nitrogen and oxygen atoms in total. The molecular formula is C18H23F3N2O5S. The van der Waals surface area contributed by atoms with E-state index >= 15 is 0 Å². The quantitative estimate of drug-likeness (QED) is 0.676. The Morgan fingerprint density at radius 3 is 2.72 bits per heavy atom. The summed E-state index contributed by atoms with van der Waals surface area (Å²) in [6.45, 7) is 1.42. The molecule has 0 aromatic heterocycles. The van der Waals surface area contributed by atoms with Crippen LogP contribution in [0.3, 0.4) is 0 Å². The van der Waals surface area contributed by atoms with Gasteiger partial charge in [0.1, 0.15) is 17.4 Å². The van der Waals surface area contributed by atoms with Gasteiger partial charge in [-0.25, -0.2) is 9.00 Å². The number of amides is 2. The van der Waals surface area contributed by atoms with Gasteiger partial charge in [0.2, 0.25) is 5.91 Å². The third-order valence-corrected chi connectivity index (χ3v) is 5.47. The number of cyclic esters (lactones) is 1. The van der Waals surface area contributed by atoms with Crippen molar-refractivity contribution in [3.63, 3.8) is 0 Å². The third kappa shape index (κ3) is 6.70. The number of nitrogens with one attached hydrogen (secondary N) is 1. The molecule has 29 heavy (non-hydrogen) atoms. The van der Waals surface area contributed by atoms with Gasteiger partial charge < -0.3 is 19.7 Å². The fraction of sp³-hybridized carbons (Fsp3) is 0.556. The second-order valence-corrected chi connectivity index (χ2v) is 7.84. The Morgan fingerprint density at radius 1 is 1.38 bits per heavy atom. The predicted molar refractivity (Wildman–Crippen MR) is 98.5 cm³/mol. The van der Waals surface area contributed by atoms with Gasteiger partial charge in [-0.2, -0.15) is 8.78 Å². The molecule has 2 fully saturated rings. The molecule has 2 unspecified atom stereocenters. The average molecular weight is 436 g/mol. The van der Waals surface area contributed by atoms with Gasteiger partial charge in [-0.15, -0.1) is 0 Å². The molecule has 0 radical (unpaired) electrons. The van der Waals surface area contributed by atoms with Crippen molar-refractivity contribution in [2.45, 2.75) is 42.2 Å². The lowest BCUT2D eigenvalue weighted by molar-refractivity contribution is -0.146. The number of halogens is 3. The van der Waals surface area contributed by atoms with Crippen molar-refractivity contribution in [1.29, 1.82) is 0 Å². The second-order valence-electron chi connectivity index (χ2n) is 6.42. The van der Waals surface area contributed by atoms with E-state index in [2.05, 4.69) is 5.32 Å². The number of hydrogen-bond acceptors (Lipinski definition) is 5. The van der Waals surface area contributed by atoms with Gasteiger partial charge in [0.25, 0.3) is 0 Å². The number of rotatable bonds is 8. The summed E-state index contributed by atoms with van der Waals surface area (Å²) in [5, 5.41) is 2.63. The first-order valence-electron chi connectivity index (χ1n) is 8.90. The summed E-state index contributed by atoms with van der Waals surface area (Å²) in [4.78, 5) is 24.7. The molecule has 0 bridgehead atoms. The van der Waals surface area contributed by atoms with Crippen molar-refractivity contribution in [3.8, 4) is 0 Å². The number of nitrogens with zero attached hydrogens (tertiary/aromatic N) is 1. The van der Waals surface area contributed by atoms with Crippen LogP contribution in [0, 0.1) is 0 Å². The summed E-state index contributed by atoms with van der Waals surface area (Å²) in [6, 6.07) is 6.00. The largest absolute Gasteiger partial charge is 0.447 e. The van der Waals surface area contributed by atoms with E-state index in [0.717, 1.165) is 0 Å². The first-order chi connectivity index (χ1) is 13.9. The summed E-state index contributed by atoms with van der Waals surface area (Å²) >= 11 is 0. The zero-order valence-corrected chi connectivity index (χ0v) is 16.6. The van der Waals surface area contributed by atoms with Gasteiger partial charge in [-0.3, -0.25) is 9.18 Å². The van der Waals surface area contributed by atoms with Crippen LogP contribution in [-0.4, -0.2) is 65.9 Å². The average Bonchev–Trinajstić information content (AvgIpc) is 3.11. The van der Waals surface area contributed by atoms with Gasteiger partial charge in [-0.05, 0) is 24.1 Å². The highest BCUT2D eigenvalue weighted by atomic mass is 32.2. The molecule has 0 spiro atoms. The van der Waals surface area contributed by atoms with E-state index in [1.165, 1.54) is 12.1 Å². The van der Waals surface area contributed by atoms with Crippen molar-refractivity contribution in [2.24, 2.45) is 0 Å². The fourth-order valence-corrected chi connectivity index (χ4v) is 3.55. The fourth-order valence-electron chi connectivity index (χ4n) is 2.86. The van der Waals surface area contributed by atoms with E-state index in [-0.39, 0.29) is 36.2 Å². The SMILES string of the molecule is CF.O=C1NC(CCC(=O)N2CC(OCc3cccc(S(=O)C(F)F)c3)C2)CO1. The second kappa shape index (κ2) is 11.1. The highest BCUT2D eigenvalue weighted by Crippen LogP contribution is 2.19. The summed E-state index contributed by atoms with van der Waals surface area (Å²) in [5.74, 6) is -2.93. The van der Waals surface area contributed by atoms with Crippen LogP contribution in [-0.2, 0) is 31.7 Å². The lowest BCUT2D eigenvalue weighted by Gasteiger charge is -2.39. The number of ether oxygens (including phenoxy) is 2. The maximum Gasteiger partial charge on any atom is 0.407 e. The Kier molecular flexibility index (Phi) is 8.90. The highest BCUT2D eigenvalue weighted by molar-refractivity contribution is 7.85. The first kappa shape index (κ1) is 23.1. The minimum absolute atomic E-state index is 0.00896. The smallest absolute Gasteiger partial charge is 0.407 e. The number of carbonyl (C=O) groups excluding carboxylic acids is 2. The highest BCUT2D eigenvalue weighted by Gasteiger charge is 2.32. The van der Waals surface area contributed by atoms with Crippen molar-refractivity contribution in [2.75, 3.05) is 26.9 Å². The van der Waals surface area contributed by atoms with Crippen molar-refractivity contribution in [1.82, 2.24) is 10.2 Å². The van der Waals surface area contributed by atoms with Gasteiger partial charge in [0.15, 0.2) is 0 Å². The van der Waals surface area contributed by atoms with E-state index in [1.54, 1.807) is 17.0 Å². The monoisotopic (exact) mass is 436 g/mol. The molecule has 2 heterocycles. The number of likely N-dealkylation sites (tertiary alicyclic amines) is 1. The van der Waals surface area contributed by atoms with Crippen molar-refractivity contribution in [3.05, 3.63) is 29.8 Å². The Labute approximate surface area is 169 Å². The topological polar surface area (TPSA) is 84.9 Å². The summed E-state index contributed by atoms with van der Waals surface area (Å²) < 4.78 is 56.4. The van der Waals surface area contributed by atoms with Gasteiger partial charge in [-0.1, -0.05) is 12.1 Å². The molecular weight excluding hydrogens is 413 g/mol. The minimum Gasteiger partial charge on any atom is -0.447 e. The van der Waals surface area contributed by atoms with Crippen LogP contribution in [0.25, 0.3) is 0 Å². The lowest BCUT2D eigenvalue weighted by atomic mass is 10.1. The van der Waals surface area contributed by atoms with E-state index < -0.39 is 22.7 Å². The molecule has 2 aliphatic heterocycles. The summed E-state index contributed by atoms with van der Waals surface area (Å²) in [5.41, 5.74) is 0.656. The maximum absolute atomic E-state index is 12.5. The Bertz CT molecular complexity index is 731. The Morgan fingerprint density at radius 2 is 2.10 bits per heavy atom. The van der Waals surface area contributed by atoms with Crippen LogP contribution in [0.2, 0.25) is 0 Å². The predicted octanol–water partition coefficient (Wildman–Crippen LogP) is 2.22. The number of alkyl carbamates (subject to hydrolysis) is 1. The third-order valence-electron chi connectivity index (χ3n) is 4.42. The van der Waals surface area contributed by atoms with Gasteiger partial charge in [0, 0.05) is 24.4 Å². The molecule has 3 rings (SSSR count). The maximum atomic E-state index is 12.5. The number of hydrogen-bond donors (Lipinski definition) is 1. The number of carbonyl (C=O) groups is 2. The van der Waals surface area contributed by atoms with E-state index in [4.69, 9.17) is 9.47 Å². The van der Waals surface area contributed by atoms with Crippen LogP contribution < -0.4 is 5.32 Å². The number of benzene rings is 1. The molecule has 1 N–H and O–H groups in total. The van der Waals surface area contributed by atoms with Crippen molar-refractivity contribution >= 4 is 22.8 Å². The van der Waals surface area contributed by atoms with Crippen LogP contribution in [0.4, 0.5) is 18.0 Å². The van der Waals surface area contributed by atoms with E-state index in [0.29, 0.717) is 38.7 Å². The lowest BCUT2D eigenvalue weighted by Crippen LogP contribution is -2.54. The molecule has 2 aliphatic rings. The van der Waals surface area contributed by atoms with Crippen LogP contribution >= 0.6 is 0 Å². The minimum atomic E-state index is -2.92. The Balaban J connectivity index is 0.00000145. The van der Waals surface area contributed by atoms with E-state index in [1.807, 2.05) is 0 Å². The first-order valence-corrected chi connectivity index (χ1v) is 10.1. The zero-order chi connectivity index (χ0) is 21.4. The number of alkyl halides is 3. The summed E-state index contributed by atoms with van der Waals surface area (Å²) in [6.07, 6.45) is 0.280. The van der Waals surface area contributed by atoms with Gasteiger partial charge in [0.05, 0.1) is 25.9 Å². The van der Waals surface area contributed by atoms with Crippen LogP contribution in [0.5, 0.6) is 0 Å². The van der Waals surface area contributed by atoms with E-state index in [9.17, 15) is 27.0 Å². The molecule has 2 amide bonds. The molecule has 0 aliphatic carbocycles. The molecule has 1 aromatic carbocycles. The van der Waals surface area contributed by atoms with Gasteiger partial charge >= 0.3 is 11.9 Å². The van der Waals surface area contributed by atoms with Crippen molar-refractivity contribution < 1.29 is 36.4 Å². The molecule has 162 valence electrons.